The number of nitro benzene ring substituents is 3. The van der Waals surface area contributed by atoms with E-state index in [1.165, 1.54) is 17.7 Å². The zero-order chi connectivity index (χ0) is 46.5. The number of hydrogen-bond donors (Lipinski definition) is 1. The Morgan fingerprint density at radius 3 is 1.19 bits per heavy atom. The van der Waals surface area contributed by atoms with E-state index >= 15 is 0 Å². The molecule has 3 aromatic rings. The van der Waals surface area contributed by atoms with Gasteiger partial charge < -0.3 is 6.53 Å². The number of Topliss-reactive ketones (excluding diaryl/α,β-unsaturated/α-hetero) is 1. The molecule has 1 atom stereocenters. The van der Waals surface area contributed by atoms with Crippen molar-refractivity contribution in [2.45, 2.75) is 106 Å². The molecule has 26 heteroatoms. The van der Waals surface area contributed by atoms with Crippen molar-refractivity contribution in [2.24, 2.45) is 0 Å². The predicted molar refractivity (Wildman–Crippen MR) is 216 cm³/mol. The fourth-order valence-corrected chi connectivity index (χ4v) is 8.14. The molecule has 3 radical (unpaired) electrons. The molecule has 3 aromatic carbocycles. The molecule has 16 nitrogen and oxygen atoms in total. The van der Waals surface area contributed by atoms with Crippen LogP contribution in [0.3, 0.4) is 0 Å². The number of carbonyl (C=O) groups excluding carboxylic acids is 1. The summed E-state index contributed by atoms with van der Waals surface area (Å²) in [7, 11) is -13.7. The van der Waals surface area contributed by atoms with E-state index in [4.69, 9.17) is 0 Å². The molecule has 0 aromatic heterocycles. The van der Waals surface area contributed by atoms with Crippen molar-refractivity contribution in [1.29, 1.82) is 0 Å². The van der Waals surface area contributed by atoms with Crippen LogP contribution >= 0.6 is 0 Å². The van der Waals surface area contributed by atoms with Gasteiger partial charge in [-0.05, 0) is 92.2 Å². The predicted octanol–water partition coefficient (Wildman–Crippen LogP) is 6.29. The maximum Gasteiger partial charge on any atom is 1.00 e. The summed E-state index contributed by atoms with van der Waals surface area (Å²) < 4.78 is 110. The topological polar surface area (TPSA) is 244 Å². The molecule has 0 spiro atoms. The normalized spacial score (nSPS) is 19.0. The number of halogens is 6. The molecular formula is C38H42BF6N3NaO13S2. The Kier molecular flexibility index (Phi) is 23.0. The van der Waals surface area contributed by atoms with E-state index in [1.54, 1.807) is 36.4 Å². The fraction of sp³-hybridized carbons (Fsp3) is 0.447. The molecule has 0 heterocycles. The van der Waals surface area contributed by atoms with Crippen molar-refractivity contribution >= 4 is 51.5 Å². The average Bonchev–Trinajstić information content (AvgIpc) is 3.21. The number of ketones is 1. The van der Waals surface area contributed by atoms with Crippen LogP contribution in [-0.4, -0.2) is 68.0 Å². The number of benzene rings is 3. The van der Waals surface area contributed by atoms with Gasteiger partial charge in [0.05, 0.1) is 20.9 Å². The number of alkyl halides is 6. The molecule has 6 rings (SSSR count). The van der Waals surface area contributed by atoms with Crippen molar-refractivity contribution in [1.82, 2.24) is 0 Å². The zero-order valence-corrected chi connectivity index (χ0v) is 37.7. The standard InChI is InChI=1S/C12H15NO3.C12H13NO3.C12H13NO2.C2F6O5S2.B.Na.H/c2*14-12-7-3-10(4-8-12)9-1-5-11(6-2-9)13(15)16;14-13(15)12-8-6-11(7-9-12)10-4-2-1-3-5-10;3-1(4,5)14(9,10)13-15(11,12)2(6,7)8;;;/h1-2,5-6,10,12,14H,3-4,7-8H2;1-2,5-6,10H,3-4,7-8H2;1-2,6-10H,3-5H2;;;;/q;;;;;+1;-1. The molecule has 3 aliphatic rings. The van der Waals surface area contributed by atoms with Crippen LogP contribution in [0.4, 0.5) is 43.4 Å². The summed E-state index contributed by atoms with van der Waals surface area (Å²) in [6.45, 7) is 0. The Bertz CT molecular complexity index is 2220. The summed E-state index contributed by atoms with van der Waals surface area (Å²) in [4.78, 5) is 41.4. The minimum Gasteiger partial charge on any atom is -1.00 e. The first-order valence-electron chi connectivity index (χ1n) is 18.7. The minimum atomic E-state index is -6.85. The van der Waals surface area contributed by atoms with Gasteiger partial charge in [-0.25, -0.2) is 0 Å². The second kappa shape index (κ2) is 25.4. The largest absolute Gasteiger partial charge is 1.00 e. The molecule has 1 N–H and O–H groups in total. The summed E-state index contributed by atoms with van der Waals surface area (Å²) in [5.74, 6) is 1.71. The zero-order valence-electron chi connectivity index (χ0n) is 35.0. The van der Waals surface area contributed by atoms with Crippen LogP contribution in [0.15, 0.2) is 84.9 Å². The third-order valence-corrected chi connectivity index (χ3v) is 12.5. The van der Waals surface area contributed by atoms with Crippen LogP contribution in [0.1, 0.15) is 106 Å². The van der Waals surface area contributed by atoms with E-state index in [0.717, 1.165) is 68.9 Å². The van der Waals surface area contributed by atoms with Crippen molar-refractivity contribution < 1.29 is 102 Å². The van der Waals surface area contributed by atoms with E-state index in [2.05, 4.69) is 12.2 Å². The van der Waals surface area contributed by atoms with Crippen LogP contribution < -0.4 is 29.6 Å². The summed E-state index contributed by atoms with van der Waals surface area (Å²) in [5, 5.41) is 40.9. The number of nitro groups is 3. The molecule has 0 aliphatic heterocycles. The number of aliphatic hydroxyl groups is 1. The molecule has 0 amide bonds. The number of allylic oxidation sites excluding steroid dienone is 2. The molecular weight excluding hydrogens is 918 g/mol. The van der Waals surface area contributed by atoms with Crippen LogP contribution in [0.25, 0.3) is 0 Å². The van der Waals surface area contributed by atoms with Gasteiger partial charge in [0.1, 0.15) is 5.78 Å². The second-order valence-corrected chi connectivity index (χ2v) is 17.5. The fourth-order valence-electron chi connectivity index (χ4n) is 6.58. The number of non-ortho nitro benzene ring substituents is 3. The van der Waals surface area contributed by atoms with Crippen molar-refractivity contribution in [2.75, 3.05) is 0 Å². The van der Waals surface area contributed by atoms with E-state index in [1.807, 2.05) is 27.9 Å². The summed E-state index contributed by atoms with van der Waals surface area (Å²) in [6.07, 6.45) is 14.2. The Morgan fingerprint density at radius 1 is 0.562 bits per heavy atom. The average molecular weight is 961 g/mol. The van der Waals surface area contributed by atoms with E-state index in [9.17, 15) is 83.4 Å². The molecule has 0 bridgehead atoms. The van der Waals surface area contributed by atoms with Crippen LogP contribution in [0.2, 0.25) is 0 Å². The van der Waals surface area contributed by atoms with E-state index in [-0.39, 0.29) is 72.4 Å². The maximum absolute atomic E-state index is 11.4. The molecule has 64 heavy (non-hydrogen) atoms. The first-order chi connectivity index (χ1) is 28.8. The number of rotatable bonds is 8. The first-order valence-corrected chi connectivity index (χ1v) is 21.5. The van der Waals surface area contributed by atoms with Gasteiger partial charge in [0.2, 0.25) is 0 Å². The monoisotopic (exact) mass is 960 g/mol. The summed E-state index contributed by atoms with van der Waals surface area (Å²) >= 11 is 0. The Balaban J connectivity index is 0.000000828. The number of hydrogen-bond acceptors (Lipinski definition) is 13. The minimum absolute atomic E-state index is 0. The number of aliphatic hydroxyl groups excluding tert-OH is 1. The molecule has 2 fully saturated rings. The van der Waals surface area contributed by atoms with Gasteiger partial charge in [-0.2, -0.15) is 43.2 Å². The molecule has 3 aliphatic carbocycles. The van der Waals surface area contributed by atoms with Crippen molar-refractivity contribution in [3.63, 3.8) is 0 Å². The van der Waals surface area contributed by atoms with Gasteiger partial charge >= 0.3 is 60.8 Å². The quantitative estimate of drug-likeness (QED) is 0.0652. The van der Waals surface area contributed by atoms with Crippen molar-refractivity contribution in [3.8, 4) is 0 Å². The van der Waals surface area contributed by atoms with Gasteiger partial charge in [0.15, 0.2) is 0 Å². The summed E-state index contributed by atoms with van der Waals surface area (Å²) in [6, 6.07) is 20.4. The van der Waals surface area contributed by atoms with Gasteiger partial charge in [-0.15, -0.1) is 3.63 Å². The smallest absolute Gasteiger partial charge is 1.00 e. The van der Waals surface area contributed by atoms with Crippen LogP contribution in [0, 0.1) is 30.3 Å². The van der Waals surface area contributed by atoms with E-state index in [0.29, 0.717) is 36.4 Å². The van der Waals surface area contributed by atoms with Gasteiger partial charge in [-0.1, -0.05) is 48.6 Å². The first kappa shape index (κ1) is 57.8. The molecule has 1 unspecified atom stereocenters. The molecule has 345 valence electrons. The van der Waals surface area contributed by atoms with Crippen LogP contribution in [0.5, 0.6) is 0 Å². The van der Waals surface area contributed by atoms with Gasteiger partial charge in [-0.3, -0.25) is 35.1 Å². The Labute approximate surface area is 389 Å². The van der Waals surface area contributed by atoms with Crippen LogP contribution in [-0.2, 0) is 28.7 Å². The van der Waals surface area contributed by atoms with Gasteiger partial charge in [0.25, 0.3) is 17.1 Å². The third-order valence-electron chi connectivity index (χ3n) is 9.98. The number of nitrogens with zero attached hydrogens (tertiary/aromatic N) is 3. The Morgan fingerprint density at radius 2 is 0.891 bits per heavy atom. The third kappa shape index (κ3) is 18.0. The Hall–Kier alpha value is -4.27. The van der Waals surface area contributed by atoms with E-state index < -0.39 is 36.2 Å². The maximum atomic E-state index is 11.4. The SMILES string of the molecule is O=C1CCC(c2ccc([N+](=O)[O-])cc2)CC1.O=S(=O)(OS(=O)(=O)C(F)(F)F)C(F)(F)F.O=[N+]([O-])c1ccc(C2CC=CCC2)cc1.O=[N+]([O-])c1ccc(C2CCC(O)CC2)cc1.[B].[H-].[Na+]. The van der Waals surface area contributed by atoms with Crippen molar-refractivity contribution in [3.05, 3.63) is 132 Å². The summed E-state index contributed by atoms with van der Waals surface area (Å²) in [5.41, 5.74) is -8.61. The molecule has 0 saturated heterocycles. The second-order valence-electron chi connectivity index (χ2n) is 14.2. The molecule has 2 saturated carbocycles. The number of carbonyl (C=O) groups is 1. The van der Waals surface area contributed by atoms with Gasteiger partial charge in [0, 0.05) is 57.7 Å².